The number of rotatable bonds is 6. The molecule has 4 aromatic heterocycles. The summed E-state index contributed by atoms with van der Waals surface area (Å²) in [6.07, 6.45) is 7.45. The number of aromatic amines is 1. The van der Waals surface area contributed by atoms with Gasteiger partial charge in [-0.1, -0.05) is 54.7 Å². The minimum absolute atomic E-state index is 0.115. The van der Waals surface area contributed by atoms with E-state index in [1.54, 1.807) is 43.5 Å². The van der Waals surface area contributed by atoms with Crippen LogP contribution in [0, 0.1) is 17.7 Å². The number of nitrogens with one attached hydrogen (secondary N) is 1. The first-order chi connectivity index (χ1) is 19.2. The molecule has 5 aromatic rings. The van der Waals surface area contributed by atoms with Crippen LogP contribution in [0.5, 0.6) is 0 Å². The van der Waals surface area contributed by atoms with Gasteiger partial charge in [-0.3, -0.25) is 14.5 Å². The van der Waals surface area contributed by atoms with Gasteiger partial charge in [-0.15, -0.1) is 0 Å². The van der Waals surface area contributed by atoms with E-state index in [-0.39, 0.29) is 17.2 Å². The van der Waals surface area contributed by atoms with E-state index in [9.17, 15) is 9.90 Å². The smallest absolute Gasteiger partial charge is 0.377 e. The van der Waals surface area contributed by atoms with Crippen LogP contribution in [0.15, 0.2) is 58.1 Å². The number of hydrogen-bond acceptors (Lipinski definition) is 7. The molecule has 1 fully saturated rings. The van der Waals surface area contributed by atoms with Crippen molar-refractivity contribution in [1.29, 1.82) is 0 Å². The Hall–Kier alpha value is -3.89. The van der Waals surface area contributed by atoms with E-state index < -0.39 is 17.2 Å². The lowest BCUT2D eigenvalue weighted by atomic mass is 9.83. The first-order valence-electron chi connectivity index (χ1n) is 13.3. The molecular formula is C29H28ClFN6O3. The van der Waals surface area contributed by atoms with Gasteiger partial charge in [-0.2, -0.15) is 0 Å². The maximum atomic E-state index is 15.1. The highest BCUT2D eigenvalue weighted by Crippen LogP contribution is 2.39. The first-order valence-corrected chi connectivity index (χ1v) is 13.6. The molecule has 0 spiro atoms. The molecule has 4 heterocycles. The largest absolute Gasteiger partial charge is 0.439 e. The van der Waals surface area contributed by atoms with Gasteiger partial charge in [0.15, 0.2) is 0 Å². The van der Waals surface area contributed by atoms with Crippen LogP contribution in [-0.2, 0) is 12.1 Å². The van der Waals surface area contributed by atoms with Crippen molar-refractivity contribution in [3.8, 4) is 22.8 Å². The maximum absolute atomic E-state index is 15.1. The summed E-state index contributed by atoms with van der Waals surface area (Å²) in [4.78, 5) is 28.2. The highest BCUT2D eigenvalue weighted by Gasteiger charge is 2.36. The minimum Gasteiger partial charge on any atom is -0.377 e. The molecule has 9 nitrogen and oxygen atoms in total. The maximum Gasteiger partial charge on any atom is 0.439 e. The van der Waals surface area contributed by atoms with Crippen LogP contribution in [0.3, 0.4) is 0 Å². The van der Waals surface area contributed by atoms with E-state index >= 15 is 4.39 Å². The summed E-state index contributed by atoms with van der Waals surface area (Å²) < 4.78 is 21.7. The number of imidazole rings is 1. The number of aliphatic hydroxyl groups is 1. The Balaban J connectivity index is 1.64. The van der Waals surface area contributed by atoms with Crippen molar-refractivity contribution in [1.82, 2.24) is 29.7 Å². The van der Waals surface area contributed by atoms with Crippen LogP contribution in [-0.4, -0.2) is 34.8 Å². The van der Waals surface area contributed by atoms with Crippen molar-refractivity contribution in [3.63, 3.8) is 0 Å². The van der Waals surface area contributed by atoms with Crippen LogP contribution >= 0.6 is 11.6 Å². The third kappa shape index (κ3) is 4.82. The second kappa shape index (κ2) is 10.3. The number of H-pyrrole nitrogens is 1. The predicted octanol–water partition coefficient (Wildman–Crippen LogP) is 5.71. The Morgan fingerprint density at radius 2 is 1.95 bits per heavy atom. The second-order valence-corrected chi connectivity index (χ2v) is 11.2. The molecule has 1 saturated carbocycles. The number of aromatic nitrogens is 6. The summed E-state index contributed by atoms with van der Waals surface area (Å²) in [7, 11) is 0. The van der Waals surface area contributed by atoms with Gasteiger partial charge in [-0.25, -0.2) is 19.2 Å². The third-order valence-corrected chi connectivity index (χ3v) is 8.00. The Morgan fingerprint density at radius 3 is 2.65 bits per heavy atom. The number of fused-ring (bicyclic) bond motifs is 1. The Labute approximate surface area is 234 Å². The molecule has 1 atom stereocenters. The van der Waals surface area contributed by atoms with Gasteiger partial charge < -0.3 is 9.67 Å². The molecule has 40 heavy (non-hydrogen) atoms. The normalized spacial score (nSPS) is 19.1. The zero-order chi connectivity index (χ0) is 28.0. The van der Waals surface area contributed by atoms with Gasteiger partial charge in [0.25, 0.3) is 0 Å². The SMILES string of the molecule is CC(O)(c1ccccc1F)c1nc2cc(-c3noc(=O)[nH]3)nc(-c3cncc(Cl)c3)c2n1C[C@H]1CC[C@H](C)CC1. The summed E-state index contributed by atoms with van der Waals surface area (Å²) >= 11 is 6.32. The molecule has 1 unspecified atom stereocenters. The Bertz CT molecular complexity index is 1750. The second-order valence-electron chi connectivity index (χ2n) is 10.8. The average molecular weight is 563 g/mol. The number of pyridine rings is 2. The van der Waals surface area contributed by atoms with Gasteiger partial charge in [0.2, 0.25) is 5.82 Å². The average Bonchev–Trinajstić information content (AvgIpc) is 3.53. The first kappa shape index (κ1) is 26.3. The number of nitrogens with zero attached hydrogens (tertiary/aromatic N) is 5. The molecule has 1 aliphatic rings. The molecule has 0 radical (unpaired) electrons. The van der Waals surface area contributed by atoms with Crippen molar-refractivity contribution in [3.05, 3.63) is 81.6 Å². The summed E-state index contributed by atoms with van der Waals surface area (Å²) in [5.74, 6) is 0.162. The number of benzene rings is 1. The molecular weight excluding hydrogens is 535 g/mol. The topological polar surface area (TPSA) is 123 Å². The third-order valence-electron chi connectivity index (χ3n) is 7.80. The van der Waals surface area contributed by atoms with Gasteiger partial charge in [-0.05, 0) is 49.8 Å². The molecule has 0 amide bonds. The number of hydrogen-bond donors (Lipinski definition) is 2. The van der Waals surface area contributed by atoms with Crippen molar-refractivity contribution < 1.29 is 14.0 Å². The molecule has 1 aromatic carbocycles. The predicted molar refractivity (Wildman–Crippen MR) is 148 cm³/mol. The minimum atomic E-state index is -1.77. The van der Waals surface area contributed by atoms with Crippen molar-refractivity contribution in [2.45, 2.75) is 51.7 Å². The van der Waals surface area contributed by atoms with E-state index in [1.807, 2.05) is 4.57 Å². The van der Waals surface area contributed by atoms with Gasteiger partial charge in [0, 0.05) is 30.1 Å². The quantitative estimate of drug-likeness (QED) is 0.272. The lowest BCUT2D eigenvalue weighted by Gasteiger charge is -2.30. The summed E-state index contributed by atoms with van der Waals surface area (Å²) in [5.41, 5.74) is 0.881. The van der Waals surface area contributed by atoms with Crippen LogP contribution in [0.1, 0.15) is 50.9 Å². The summed E-state index contributed by atoms with van der Waals surface area (Å²) in [6.45, 7) is 4.38. The fourth-order valence-corrected chi connectivity index (χ4v) is 5.83. The summed E-state index contributed by atoms with van der Waals surface area (Å²) in [6, 6.07) is 9.56. The van der Waals surface area contributed by atoms with Crippen LogP contribution < -0.4 is 5.76 Å². The Morgan fingerprint density at radius 1 is 1.18 bits per heavy atom. The van der Waals surface area contributed by atoms with Crippen molar-refractivity contribution >= 4 is 22.6 Å². The summed E-state index contributed by atoms with van der Waals surface area (Å²) in [5, 5.41) is 16.2. The molecule has 6 rings (SSSR count). The highest BCUT2D eigenvalue weighted by atomic mass is 35.5. The zero-order valence-electron chi connectivity index (χ0n) is 22.1. The molecule has 2 N–H and O–H groups in total. The fourth-order valence-electron chi connectivity index (χ4n) is 5.66. The number of halogens is 2. The Kier molecular flexibility index (Phi) is 6.75. The lowest BCUT2D eigenvalue weighted by Crippen LogP contribution is -2.30. The van der Waals surface area contributed by atoms with E-state index in [0.717, 1.165) is 25.7 Å². The van der Waals surface area contributed by atoms with E-state index in [2.05, 4.69) is 22.0 Å². The van der Waals surface area contributed by atoms with E-state index in [0.29, 0.717) is 51.4 Å². The van der Waals surface area contributed by atoms with Crippen molar-refractivity contribution in [2.75, 3.05) is 0 Å². The molecule has 0 saturated heterocycles. The molecule has 0 aliphatic heterocycles. The lowest BCUT2D eigenvalue weighted by molar-refractivity contribution is 0.0826. The van der Waals surface area contributed by atoms with Gasteiger partial charge in [0.05, 0.1) is 21.7 Å². The molecule has 0 bridgehead atoms. The van der Waals surface area contributed by atoms with Crippen LogP contribution in [0.2, 0.25) is 5.02 Å². The zero-order valence-corrected chi connectivity index (χ0v) is 22.8. The van der Waals surface area contributed by atoms with Crippen molar-refractivity contribution in [2.24, 2.45) is 11.8 Å². The molecule has 1 aliphatic carbocycles. The molecule has 11 heteroatoms. The molecule has 206 valence electrons. The van der Waals surface area contributed by atoms with Gasteiger partial charge in [0.1, 0.15) is 22.9 Å². The van der Waals surface area contributed by atoms with Crippen LogP contribution in [0.4, 0.5) is 4.39 Å². The monoisotopic (exact) mass is 562 g/mol. The highest BCUT2D eigenvalue weighted by molar-refractivity contribution is 6.30. The fraction of sp³-hybridized carbons (Fsp3) is 0.345. The van der Waals surface area contributed by atoms with E-state index in [1.165, 1.54) is 12.3 Å². The standard InChI is InChI=1S/C29H28ClFN6O3/c1-16-7-9-17(10-8-16)15-37-25-22(34-27(37)29(2,39)20-5-3-4-6-21(20)31)12-23(26-35-28(38)40-36-26)33-24(25)18-11-19(30)14-32-13-18/h3-6,11-14,16-17,39H,7-10,15H2,1-2H3,(H,35,36,38)/t16-,17-,29?. The van der Waals surface area contributed by atoms with Gasteiger partial charge >= 0.3 is 5.76 Å². The van der Waals surface area contributed by atoms with E-state index in [4.69, 9.17) is 26.1 Å². The van der Waals surface area contributed by atoms with Crippen LogP contribution in [0.25, 0.3) is 33.8 Å².